The fourth-order valence-electron chi connectivity index (χ4n) is 2.18. The summed E-state index contributed by atoms with van der Waals surface area (Å²) < 4.78 is 4.67. The number of methoxy groups -OCH3 is 1. The summed E-state index contributed by atoms with van der Waals surface area (Å²) in [6.45, 7) is 4.23. The van der Waals surface area contributed by atoms with Crippen molar-refractivity contribution in [2.45, 2.75) is 25.3 Å². The monoisotopic (exact) mass is 249 g/mol. The Balaban J connectivity index is 2.11. The lowest BCUT2D eigenvalue weighted by Gasteiger charge is -2.36. The summed E-state index contributed by atoms with van der Waals surface area (Å²) in [5.74, 6) is -0.408. The summed E-state index contributed by atoms with van der Waals surface area (Å²) >= 11 is 0. The fourth-order valence-corrected chi connectivity index (χ4v) is 2.18. The number of piperidine rings is 1. The van der Waals surface area contributed by atoms with Crippen LogP contribution in [0.3, 0.4) is 0 Å². The predicted molar refractivity (Wildman–Crippen MR) is 69.7 cm³/mol. The molecule has 0 bridgehead atoms. The van der Waals surface area contributed by atoms with Crippen LogP contribution in [-0.4, -0.2) is 36.7 Å². The van der Waals surface area contributed by atoms with Crippen LogP contribution in [0.15, 0.2) is 18.3 Å². The quantitative estimate of drug-likeness (QED) is 0.793. The molecule has 0 amide bonds. The average Bonchev–Trinajstić information content (AvgIpc) is 2.38. The molecule has 2 heterocycles. The van der Waals surface area contributed by atoms with Crippen LogP contribution >= 0.6 is 0 Å². The normalized spacial score (nSPS) is 18.1. The smallest absolute Gasteiger partial charge is 0.356 e. The molecule has 1 saturated heterocycles. The van der Waals surface area contributed by atoms with Crippen LogP contribution < -0.4 is 10.6 Å². The Kier molecular flexibility index (Phi) is 3.81. The van der Waals surface area contributed by atoms with Gasteiger partial charge in [0, 0.05) is 17.4 Å². The second kappa shape index (κ2) is 5.35. The molecule has 18 heavy (non-hydrogen) atoms. The average molecular weight is 249 g/mol. The molecule has 0 saturated carbocycles. The zero-order valence-electron chi connectivity index (χ0n) is 10.8. The van der Waals surface area contributed by atoms with E-state index in [1.165, 1.54) is 7.11 Å². The number of aromatic nitrogens is 1. The third-order valence-corrected chi connectivity index (χ3v) is 3.31. The van der Waals surface area contributed by atoms with E-state index in [4.69, 9.17) is 0 Å². The highest BCUT2D eigenvalue weighted by Gasteiger charge is 2.26. The minimum atomic E-state index is -0.408. The van der Waals surface area contributed by atoms with Gasteiger partial charge in [0.2, 0.25) is 0 Å². The third kappa shape index (κ3) is 2.98. The predicted octanol–water partition coefficient (Wildman–Crippen LogP) is 1.42. The summed E-state index contributed by atoms with van der Waals surface area (Å²) in [4.78, 5) is 15.4. The van der Waals surface area contributed by atoms with Crippen molar-refractivity contribution in [3.63, 3.8) is 0 Å². The maximum atomic E-state index is 11.4. The number of hydrogen-bond donors (Lipinski definition) is 2. The van der Waals surface area contributed by atoms with Crippen molar-refractivity contribution in [2.24, 2.45) is 0 Å². The molecule has 0 radical (unpaired) electrons. The van der Waals surface area contributed by atoms with E-state index in [2.05, 4.69) is 27.3 Å². The van der Waals surface area contributed by atoms with E-state index in [0.29, 0.717) is 5.69 Å². The van der Waals surface area contributed by atoms with Crippen molar-refractivity contribution in [1.29, 1.82) is 0 Å². The Morgan fingerprint density at radius 3 is 2.89 bits per heavy atom. The molecular formula is C13H19N3O2. The molecule has 1 aliphatic rings. The largest absolute Gasteiger partial charge is 0.464 e. The second-order valence-corrected chi connectivity index (χ2v) is 4.86. The fraction of sp³-hybridized carbons (Fsp3) is 0.538. The molecule has 5 heteroatoms. The van der Waals surface area contributed by atoms with E-state index >= 15 is 0 Å². The highest BCUT2D eigenvalue weighted by Crippen LogP contribution is 2.23. The number of pyridine rings is 1. The summed E-state index contributed by atoms with van der Waals surface area (Å²) in [5, 5.41) is 6.83. The van der Waals surface area contributed by atoms with Gasteiger partial charge in [-0.2, -0.15) is 0 Å². The van der Waals surface area contributed by atoms with Gasteiger partial charge in [0.15, 0.2) is 0 Å². The number of rotatable bonds is 3. The van der Waals surface area contributed by atoms with Gasteiger partial charge in [-0.05, 0) is 45.0 Å². The Morgan fingerprint density at radius 1 is 1.50 bits per heavy atom. The summed E-state index contributed by atoms with van der Waals surface area (Å²) in [6, 6.07) is 3.61. The summed E-state index contributed by atoms with van der Waals surface area (Å²) in [6.07, 6.45) is 3.74. The molecule has 1 aliphatic heterocycles. The Labute approximate surface area is 107 Å². The van der Waals surface area contributed by atoms with Crippen molar-refractivity contribution in [2.75, 3.05) is 25.5 Å². The van der Waals surface area contributed by atoms with Gasteiger partial charge in [-0.15, -0.1) is 0 Å². The van der Waals surface area contributed by atoms with Crippen molar-refractivity contribution < 1.29 is 9.53 Å². The van der Waals surface area contributed by atoms with Crippen LogP contribution in [0.25, 0.3) is 0 Å². The van der Waals surface area contributed by atoms with Gasteiger partial charge >= 0.3 is 5.97 Å². The topological polar surface area (TPSA) is 63.2 Å². The number of ether oxygens (including phenoxy) is 1. The lowest BCUT2D eigenvalue weighted by molar-refractivity contribution is 0.0594. The summed E-state index contributed by atoms with van der Waals surface area (Å²) in [7, 11) is 1.36. The first-order chi connectivity index (χ1) is 8.63. The minimum absolute atomic E-state index is 0.0694. The zero-order chi connectivity index (χ0) is 13.0. The Morgan fingerprint density at radius 2 is 2.22 bits per heavy atom. The van der Waals surface area contributed by atoms with Crippen molar-refractivity contribution in [3.8, 4) is 0 Å². The molecule has 1 fully saturated rings. The first-order valence-corrected chi connectivity index (χ1v) is 6.16. The number of nitrogens with zero attached hydrogens (tertiary/aromatic N) is 1. The van der Waals surface area contributed by atoms with Gasteiger partial charge in [0.05, 0.1) is 7.11 Å². The SMILES string of the molecule is COC(=O)c1cc(NC2(C)CCNCC2)ccn1. The molecule has 1 aromatic heterocycles. The highest BCUT2D eigenvalue weighted by atomic mass is 16.5. The lowest BCUT2D eigenvalue weighted by Crippen LogP contribution is -2.45. The van der Waals surface area contributed by atoms with E-state index in [0.717, 1.165) is 31.6 Å². The maximum absolute atomic E-state index is 11.4. The number of nitrogens with one attached hydrogen (secondary N) is 2. The van der Waals surface area contributed by atoms with Gasteiger partial charge in [0.25, 0.3) is 0 Å². The Hall–Kier alpha value is -1.62. The van der Waals surface area contributed by atoms with E-state index in [1.54, 1.807) is 12.3 Å². The van der Waals surface area contributed by atoms with Crippen molar-refractivity contribution in [3.05, 3.63) is 24.0 Å². The second-order valence-electron chi connectivity index (χ2n) is 4.86. The van der Waals surface area contributed by atoms with E-state index in [9.17, 15) is 4.79 Å². The number of esters is 1. The molecular weight excluding hydrogens is 230 g/mol. The number of anilines is 1. The maximum Gasteiger partial charge on any atom is 0.356 e. The Bertz CT molecular complexity index is 428. The van der Waals surface area contributed by atoms with E-state index < -0.39 is 5.97 Å². The van der Waals surface area contributed by atoms with Crippen LogP contribution in [0.2, 0.25) is 0 Å². The van der Waals surface area contributed by atoms with Gasteiger partial charge < -0.3 is 15.4 Å². The lowest BCUT2D eigenvalue weighted by atomic mass is 9.90. The van der Waals surface area contributed by atoms with Crippen LogP contribution in [0, 0.1) is 0 Å². The number of hydrogen-bond acceptors (Lipinski definition) is 5. The van der Waals surface area contributed by atoms with Crippen LogP contribution in [0.5, 0.6) is 0 Å². The molecule has 0 spiro atoms. The molecule has 0 aliphatic carbocycles. The number of carbonyl (C=O) groups is 1. The van der Waals surface area contributed by atoms with Gasteiger partial charge in [-0.25, -0.2) is 9.78 Å². The molecule has 0 atom stereocenters. The van der Waals surface area contributed by atoms with Crippen molar-refractivity contribution in [1.82, 2.24) is 10.3 Å². The van der Waals surface area contributed by atoms with E-state index in [-0.39, 0.29) is 5.54 Å². The van der Waals surface area contributed by atoms with Crippen molar-refractivity contribution >= 4 is 11.7 Å². The minimum Gasteiger partial charge on any atom is -0.464 e. The molecule has 2 rings (SSSR count). The standard InChI is InChI=1S/C13H19N3O2/c1-13(4-7-14-8-5-13)16-10-3-6-15-11(9-10)12(17)18-2/h3,6,9,14H,4-5,7-8H2,1-2H3,(H,15,16). The molecule has 0 aromatic carbocycles. The molecule has 5 nitrogen and oxygen atoms in total. The molecule has 98 valence electrons. The van der Waals surface area contributed by atoms with Crippen LogP contribution in [0.1, 0.15) is 30.3 Å². The first kappa shape index (κ1) is 12.8. The first-order valence-electron chi connectivity index (χ1n) is 6.16. The van der Waals surface area contributed by atoms with Gasteiger partial charge in [-0.3, -0.25) is 0 Å². The van der Waals surface area contributed by atoms with Crippen LogP contribution in [-0.2, 0) is 4.74 Å². The molecule has 0 unspecified atom stereocenters. The zero-order valence-corrected chi connectivity index (χ0v) is 10.8. The third-order valence-electron chi connectivity index (χ3n) is 3.31. The van der Waals surface area contributed by atoms with Crippen LogP contribution in [0.4, 0.5) is 5.69 Å². The highest BCUT2D eigenvalue weighted by molar-refractivity contribution is 5.88. The molecule has 1 aromatic rings. The summed E-state index contributed by atoms with van der Waals surface area (Å²) in [5.41, 5.74) is 1.31. The van der Waals surface area contributed by atoms with Gasteiger partial charge in [-0.1, -0.05) is 0 Å². The molecule has 2 N–H and O–H groups in total. The van der Waals surface area contributed by atoms with E-state index in [1.807, 2.05) is 6.07 Å². The number of carbonyl (C=O) groups excluding carboxylic acids is 1. The van der Waals surface area contributed by atoms with Gasteiger partial charge in [0.1, 0.15) is 5.69 Å².